The first-order valence-corrected chi connectivity index (χ1v) is 4.33. The summed E-state index contributed by atoms with van der Waals surface area (Å²) in [6.45, 7) is 0.164. The minimum absolute atomic E-state index is 0.0124. The average Bonchev–Trinajstić information content (AvgIpc) is 2.10. The molecule has 14 heavy (non-hydrogen) atoms. The maximum absolute atomic E-state index is 12.7. The number of rotatable bonds is 4. The van der Waals surface area contributed by atoms with Crippen LogP contribution in [0.4, 0.5) is 4.39 Å². The van der Waals surface area contributed by atoms with Gasteiger partial charge in [-0.1, -0.05) is 11.6 Å². The van der Waals surface area contributed by atoms with Gasteiger partial charge in [-0.3, -0.25) is 4.79 Å². The number of hydrogen-bond donors (Lipinski definition) is 1. The predicted molar refractivity (Wildman–Crippen MR) is 50.7 cm³/mol. The average molecular weight is 218 g/mol. The highest BCUT2D eigenvalue weighted by Gasteiger charge is 2.02. The normalized spacial score (nSPS) is 9.86. The summed E-state index contributed by atoms with van der Waals surface area (Å²) in [6, 6.07) is 3.97. The molecule has 0 aliphatic carbocycles. The van der Waals surface area contributed by atoms with Crippen LogP contribution in [0.25, 0.3) is 0 Å². The molecular weight excluding hydrogens is 209 g/mol. The van der Waals surface area contributed by atoms with Crippen molar-refractivity contribution in [2.75, 3.05) is 6.61 Å². The van der Waals surface area contributed by atoms with Crippen molar-refractivity contribution in [2.24, 2.45) is 5.73 Å². The number of nitrogens with two attached hydrogens (primary N) is 1. The molecule has 76 valence electrons. The van der Waals surface area contributed by atoms with E-state index in [2.05, 4.69) is 0 Å². The Hall–Kier alpha value is -1.29. The van der Waals surface area contributed by atoms with Crippen LogP contribution in [0.5, 0.6) is 5.75 Å². The largest absolute Gasteiger partial charge is 0.493 e. The van der Waals surface area contributed by atoms with E-state index in [-0.39, 0.29) is 18.1 Å². The Morgan fingerprint density at radius 2 is 2.29 bits per heavy atom. The molecule has 1 aromatic rings. The van der Waals surface area contributed by atoms with E-state index in [4.69, 9.17) is 22.1 Å². The Kier molecular flexibility index (Phi) is 3.71. The van der Waals surface area contributed by atoms with Gasteiger partial charge in [0.25, 0.3) is 0 Å². The molecule has 0 bridgehead atoms. The minimum Gasteiger partial charge on any atom is -0.493 e. The van der Waals surface area contributed by atoms with Gasteiger partial charge < -0.3 is 10.5 Å². The molecule has 0 saturated heterocycles. The lowest BCUT2D eigenvalue weighted by atomic mass is 10.3. The highest BCUT2D eigenvalue weighted by molar-refractivity contribution is 6.30. The first-order chi connectivity index (χ1) is 6.59. The number of carbonyl (C=O) groups is 1. The van der Waals surface area contributed by atoms with Crippen LogP contribution in [0.3, 0.4) is 0 Å². The predicted octanol–water partition coefficient (Wildman–Crippen LogP) is 1.73. The molecule has 1 amide bonds. The fourth-order valence-corrected chi connectivity index (χ4v) is 1.01. The lowest BCUT2D eigenvalue weighted by Gasteiger charge is -2.04. The van der Waals surface area contributed by atoms with Gasteiger partial charge in [-0.2, -0.15) is 0 Å². The maximum Gasteiger partial charge on any atom is 0.220 e. The second-order valence-electron chi connectivity index (χ2n) is 2.64. The third kappa shape index (κ3) is 3.22. The van der Waals surface area contributed by atoms with Gasteiger partial charge in [-0.15, -0.1) is 0 Å². The zero-order chi connectivity index (χ0) is 10.6. The standard InChI is InChI=1S/C9H9ClFNO2/c10-7-5-6(1-2-8(7)11)14-4-3-9(12)13/h1-2,5H,3-4H2,(H2,12,13). The van der Waals surface area contributed by atoms with Gasteiger partial charge in [0.2, 0.25) is 5.91 Å². The van der Waals surface area contributed by atoms with Crippen molar-refractivity contribution in [3.8, 4) is 5.75 Å². The van der Waals surface area contributed by atoms with Gasteiger partial charge >= 0.3 is 0 Å². The molecule has 1 aromatic carbocycles. The summed E-state index contributed by atoms with van der Waals surface area (Å²) in [5.74, 6) is -0.537. The molecule has 0 spiro atoms. The number of hydrogen-bond acceptors (Lipinski definition) is 2. The Balaban J connectivity index is 2.51. The molecule has 5 heteroatoms. The van der Waals surface area contributed by atoms with Gasteiger partial charge in [-0.05, 0) is 12.1 Å². The Labute approximate surface area is 85.6 Å². The number of ether oxygens (including phenoxy) is 1. The van der Waals surface area contributed by atoms with Crippen molar-refractivity contribution in [1.82, 2.24) is 0 Å². The van der Waals surface area contributed by atoms with E-state index < -0.39 is 11.7 Å². The zero-order valence-corrected chi connectivity index (χ0v) is 8.05. The Bertz CT molecular complexity index is 344. The Morgan fingerprint density at radius 3 is 2.86 bits per heavy atom. The summed E-state index contributed by atoms with van der Waals surface area (Å²) in [5.41, 5.74) is 4.91. The van der Waals surface area contributed by atoms with Crippen LogP contribution in [0.1, 0.15) is 6.42 Å². The summed E-state index contributed by atoms with van der Waals surface area (Å²) in [7, 11) is 0. The fraction of sp³-hybridized carbons (Fsp3) is 0.222. The molecule has 0 fully saturated rings. The van der Waals surface area contributed by atoms with E-state index in [0.29, 0.717) is 5.75 Å². The molecule has 0 heterocycles. The van der Waals surface area contributed by atoms with Crippen molar-refractivity contribution in [3.05, 3.63) is 29.0 Å². The SMILES string of the molecule is NC(=O)CCOc1ccc(F)c(Cl)c1. The summed E-state index contributed by atoms with van der Waals surface area (Å²) in [6.07, 6.45) is 0.120. The van der Waals surface area contributed by atoms with E-state index in [1.165, 1.54) is 18.2 Å². The number of halogens is 2. The van der Waals surface area contributed by atoms with Gasteiger partial charge in [0, 0.05) is 6.07 Å². The van der Waals surface area contributed by atoms with Gasteiger partial charge in [-0.25, -0.2) is 4.39 Å². The lowest BCUT2D eigenvalue weighted by molar-refractivity contribution is -0.118. The van der Waals surface area contributed by atoms with Crippen molar-refractivity contribution in [1.29, 1.82) is 0 Å². The number of primary amides is 1. The third-order valence-corrected chi connectivity index (χ3v) is 1.80. The second-order valence-corrected chi connectivity index (χ2v) is 3.05. The monoisotopic (exact) mass is 217 g/mol. The van der Waals surface area contributed by atoms with E-state index in [0.717, 1.165) is 0 Å². The van der Waals surface area contributed by atoms with Crippen molar-refractivity contribution in [2.45, 2.75) is 6.42 Å². The third-order valence-electron chi connectivity index (χ3n) is 1.51. The first-order valence-electron chi connectivity index (χ1n) is 3.96. The molecule has 0 atom stereocenters. The molecule has 0 aromatic heterocycles. The van der Waals surface area contributed by atoms with E-state index in [1.54, 1.807) is 0 Å². The Morgan fingerprint density at radius 1 is 1.57 bits per heavy atom. The number of carbonyl (C=O) groups excluding carboxylic acids is 1. The molecule has 0 saturated carbocycles. The van der Waals surface area contributed by atoms with Crippen LogP contribution >= 0.6 is 11.6 Å². The van der Waals surface area contributed by atoms with Crippen LogP contribution in [0.15, 0.2) is 18.2 Å². The van der Waals surface area contributed by atoms with E-state index in [1.807, 2.05) is 0 Å². The molecule has 0 unspecified atom stereocenters. The van der Waals surface area contributed by atoms with Crippen LogP contribution in [-0.2, 0) is 4.79 Å². The van der Waals surface area contributed by atoms with Gasteiger partial charge in [0.05, 0.1) is 18.1 Å². The molecule has 2 N–H and O–H groups in total. The summed E-state index contributed by atoms with van der Waals surface area (Å²) in [5, 5.41) is -0.0124. The van der Waals surface area contributed by atoms with Crippen molar-refractivity contribution in [3.63, 3.8) is 0 Å². The van der Waals surface area contributed by atoms with Crippen LogP contribution in [-0.4, -0.2) is 12.5 Å². The molecular formula is C9H9ClFNO2. The first kappa shape index (κ1) is 10.8. The second kappa shape index (κ2) is 4.81. The molecule has 0 radical (unpaired) electrons. The maximum atomic E-state index is 12.7. The summed E-state index contributed by atoms with van der Waals surface area (Å²) in [4.78, 5) is 10.4. The zero-order valence-electron chi connectivity index (χ0n) is 7.30. The molecule has 3 nitrogen and oxygen atoms in total. The highest BCUT2D eigenvalue weighted by Crippen LogP contribution is 2.20. The molecule has 0 aliphatic rings. The van der Waals surface area contributed by atoms with Crippen molar-refractivity contribution < 1.29 is 13.9 Å². The summed E-state index contributed by atoms with van der Waals surface area (Å²) < 4.78 is 17.8. The smallest absolute Gasteiger partial charge is 0.220 e. The van der Waals surface area contributed by atoms with Crippen LogP contribution in [0.2, 0.25) is 5.02 Å². The van der Waals surface area contributed by atoms with E-state index >= 15 is 0 Å². The fourth-order valence-electron chi connectivity index (χ4n) is 0.836. The summed E-state index contributed by atoms with van der Waals surface area (Å²) >= 11 is 5.51. The molecule has 0 aliphatic heterocycles. The number of amides is 1. The van der Waals surface area contributed by atoms with Gasteiger partial charge in [0.1, 0.15) is 11.6 Å². The van der Waals surface area contributed by atoms with Crippen molar-refractivity contribution >= 4 is 17.5 Å². The van der Waals surface area contributed by atoms with Crippen LogP contribution < -0.4 is 10.5 Å². The van der Waals surface area contributed by atoms with Gasteiger partial charge in [0.15, 0.2) is 0 Å². The molecule has 1 rings (SSSR count). The van der Waals surface area contributed by atoms with E-state index in [9.17, 15) is 9.18 Å². The number of benzene rings is 1. The lowest BCUT2D eigenvalue weighted by Crippen LogP contribution is -2.14. The topological polar surface area (TPSA) is 52.3 Å². The quantitative estimate of drug-likeness (QED) is 0.835. The highest BCUT2D eigenvalue weighted by atomic mass is 35.5. The van der Waals surface area contributed by atoms with Crippen LogP contribution in [0, 0.1) is 5.82 Å². The minimum atomic E-state index is -0.506.